The van der Waals surface area contributed by atoms with E-state index in [1.54, 1.807) is 6.20 Å². The van der Waals surface area contributed by atoms with Gasteiger partial charge in [0.2, 0.25) is 0 Å². The molecule has 0 spiro atoms. The van der Waals surface area contributed by atoms with Gasteiger partial charge in [-0.2, -0.15) is 5.10 Å². The van der Waals surface area contributed by atoms with Crippen molar-refractivity contribution in [1.82, 2.24) is 10.2 Å². The van der Waals surface area contributed by atoms with Crippen molar-refractivity contribution in [3.8, 4) is 5.75 Å². The van der Waals surface area contributed by atoms with E-state index in [9.17, 15) is 14.3 Å². The van der Waals surface area contributed by atoms with Crippen LogP contribution in [0.2, 0.25) is 0 Å². The molecule has 1 aromatic carbocycles. The first-order valence-corrected chi connectivity index (χ1v) is 5.44. The molecule has 0 aliphatic rings. The van der Waals surface area contributed by atoms with Crippen molar-refractivity contribution in [2.75, 3.05) is 5.32 Å². The minimum absolute atomic E-state index is 0.00746. The molecule has 1 amide bonds. The van der Waals surface area contributed by atoms with Crippen LogP contribution in [-0.2, 0) is 6.42 Å². The highest BCUT2D eigenvalue weighted by Gasteiger charge is 2.14. The molecule has 1 heterocycles. The van der Waals surface area contributed by atoms with Gasteiger partial charge < -0.3 is 10.4 Å². The zero-order valence-electron chi connectivity index (χ0n) is 9.70. The zero-order valence-corrected chi connectivity index (χ0v) is 9.70. The van der Waals surface area contributed by atoms with E-state index >= 15 is 0 Å². The monoisotopic (exact) mass is 249 g/mol. The third-order valence-electron chi connectivity index (χ3n) is 2.54. The lowest BCUT2D eigenvalue weighted by Crippen LogP contribution is -2.13. The third kappa shape index (κ3) is 2.32. The molecule has 0 bridgehead atoms. The summed E-state index contributed by atoms with van der Waals surface area (Å²) in [7, 11) is 0. The first kappa shape index (κ1) is 12.1. The number of aromatic amines is 1. The first-order valence-electron chi connectivity index (χ1n) is 5.44. The Morgan fingerprint density at radius 3 is 3.00 bits per heavy atom. The van der Waals surface area contributed by atoms with Crippen LogP contribution in [0.4, 0.5) is 10.2 Å². The van der Waals surface area contributed by atoms with Crippen molar-refractivity contribution in [3.63, 3.8) is 0 Å². The normalized spacial score (nSPS) is 10.3. The van der Waals surface area contributed by atoms with Gasteiger partial charge in [0.25, 0.3) is 5.91 Å². The molecule has 2 aromatic rings. The molecule has 18 heavy (non-hydrogen) atoms. The largest absolute Gasteiger partial charge is 0.507 e. The van der Waals surface area contributed by atoms with Gasteiger partial charge in [-0.05, 0) is 18.6 Å². The number of carbonyl (C=O) groups excluding carboxylic acids is 1. The van der Waals surface area contributed by atoms with Gasteiger partial charge in [-0.15, -0.1) is 0 Å². The van der Waals surface area contributed by atoms with Gasteiger partial charge in [0.1, 0.15) is 17.4 Å². The second kappa shape index (κ2) is 4.87. The van der Waals surface area contributed by atoms with Crippen molar-refractivity contribution in [2.45, 2.75) is 13.3 Å². The van der Waals surface area contributed by atoms with Crippen molar-refractivity contribution in [1.29, 1.82) is 0 Å². The fraction of sp³-hybridized carbons (Fsp3) is 0.167. The van der Waals surface area contributed by atoms with Crippen molar-refractivity contribution in [2.24, 2.45) is 0 Å². The van der Waals surface area contributed by atoms with Crippen molar-refractivity contribution >= 4 is 11.7 Å². The van der Waals surface area contributed by atoms with Crippen LogP contribution in [0.1, 0.15) is 22.8 Å². The van der Waals surface area contributed by atoms with Crippen LogP contribution in [0.15, 0.2) is 24.4 Å². The molecule has 2 rings (SSSR count). The molecule has 0 saturated carbocycles. The van der Waals surface area contributed by atoms with Crippen LogP contribution < -0.4 is 5.32 Å². The maximum Gasteiger partial charge on any atom is 0.260 e. The highest BCUT2D eigenvalue weighted by atomic mass is 19.1. The summed E-state index contributed by atoms with van der Waals surface area (Å²) in [6.07, 6.45) is 2.32. The van der Waals surface area contributed by atoms with Crippen LogP contribution in [0.25, 0.3) is 0 Å². The third-order valence-corrected chi connectivity index (χ3v) is 2.54. The number of halogens is 1. The smallest absolute Gasteiger partial charge is 0.260 e. The molecule has 0 saturated heterocycles. The summed E-state index contributed by atoms with van der Waals surface area (Å²) in [4.78, 5) is 11.9. The Kier molecular flexibility index (Phi) is 3.27. The molecule has 5 nitrogen and oxygen atoms in total. The predicted octanol–water partition coefficient (Wildman–Crippen LogP) is 2.07. The second-order valence-electron chi connectivity index (χ2n) is 3.74. The van der Waals surface area contributed by atoms with E-state index in [4.69, 9.17) is 0 Å². The molecule has 94 valence electrons. The lowest BCUT2D eigenvalue weighted by molar-refractivity contribution is 0.102. The molecule has 0 aliphatic heterocycles. The quantitative estimate of drug-likeness (QED) is 0.779. The van der Waals surface area contributed by atoms with Crippen LogP contribution in [0.3, 0.4) is 0 Å². The van der Waals surface area contributed by atoms with E-state index < -0.39 is 17.5 Å². The first-order chi connectivity index (χ1) is 8.61. The summed E-state index contributed by atoms with van der Waals surface area (Å²) in [5, 5.41) is 18.5. The summed E-state index contributed by atoms with van der Waals surface area (Å²) in [5.74, 6) is -1.04. The number of benzene rings is 1. The highest BCUT2D eigenvalue weighted by molar-refractivity contribution is 6.05. The fourth-order valence-corrected chi connectivity index (χ4v) is 1.57. The Morgan fingerprint density at radius 2 is 2.33 bits per heavy atom. The van der Waals surface area contributed by atoms with Crippen LogP contribution in [-0.4, -0.2) is 21.2 Å². The number of aryl methyl sites for hydroxylation is 1. The van der Waals surface area contributed by atoms with Gasteiger partial charge >= 0.3 is 0 Å². The van der Waals surface area contributed by atoms with E-state index in [0.29, 0.717) is 12.2 Å². The van der Waals surface area contributed by atoms with Crippen LogP contribution >= 0.6 is 0 Å². The Balaban J connectivity index is 2.22. The van der Waals surface area contributed by atoms with Gasteiger partial charge in [0, 0.05) is 11.6 Å². The molecular weight excluding hydrogens is 237 g/mol. The average Bonchev–Trinajstić information content (AvgIpc) is 2.76. The molecule has 0 fully saturated rings. The van der Waals surface area contributed by atoms with Crippen molar-refractivity contribution in [3.05, 3.63) is 41.3 Å². The van der Waals surface area contributed by atoms with Gasteiger partial charge in [-0.3, -0.25) is 9.89 Å². The van der Waals surface area contributed by atoms with E-state index in [1.165, 1.54) is 6.07 Å². The number of phenolic OH excluding ortho intramolecular Hbond substituents is 1. The number of hydrogen-bond acceptors (Lipinski definition) is 3. The molecular formula is C12H12FN3O2. The van der Waals surface area contributed by atoms with E-state index in [2.05, 4.69) is 15.5 Å². The lowest BCUT2D eigenvalue weighted by Gasteiger charge is -2.06. The van der Waals surface area contributed by atoms with Gasteiger partial charge in [-0.25, -0.2) is 4.39 Å². The van der Waals surface area contributed by atoms with Gasteiger partial charge in [0.15, 0.2) is 0 Å². The summed E-state index contributed by atoms with van der Waals surface area (Å²) in [5.41, 5.74) is 0.859. The molecule has 0 radical (unpaired) electrons. The SMILES string of the molecule is CCc1cn[nH]c1NC(=O)c1ccc(F)cc1O. The number of phenols is 1. The topological polar surface area (TPSA) is 78.0 Å². The molecule has 1 aromatic heterocycles. The molecule has 0 unspecified atom stereocenters. The fourth-order valence-electron chi connectivity index (χ4n) is 1.57. The number of H-pyrrole nitrogens is 1. The van der Waals surface area contributed by atoms with E-state index in [-0.39, 0.29) is 5.56 Å². The second-order valence-corrected chi connectivity index (χ2v) is 3.74. The number of aromatic hydroxyl groups is 1. The highest BCUT2D eigenvalue weighted by Crippen LogP contribution is 2.20. The number of aromatic nitrogens is 2. The van der Waals surface area contributed by atoms with Crippen LogP contribution in [0.5, 0.6) is 5.75 Å². The molecule has 0 atom stereocenters. The van der Waals surface area contributed by atoms with Gasteiger partial charge in [-0.1, -0.05) is 6.92 Å². The maximum absolute atomic E-state index is 12.8. The Hall–Kier alpha value is -2.37. The zero-order chi connectivity index (χ0) is 13.1. The van der Waals surface area contributed by atoms with Crippen LogP contribution in [0, 0.1) is 5.82 Å². The van der Waals surface area contributed by atoms with Crippen molar-refractivity contribution < 1.29 is 14.3 Å². The summed E-state index contributed by atoms with van der Waals surface area (Å²) < 4.78 is 12.8. The number of amides is 1. The number of carbonyl (C=O) groups is 1. The average molecular weight is 249 g/mol. The number of nitrogens with one attached hydrogen (secondary N) is 2. The Morgan fingerprint density at radius 1 is 1.56 bits per heavy atom. The summed E-state index contributed by atoms with van der Waals surface area (Å²) in [6.45, 7) is 1.93. The Labute approximate surface area is 103 Å². The standard InChI is InChI=1S/C12H12FN3O2/c1-2-7-6-14-16-11(7)15-12(18)9-4-3-8(13)5-10(9)17/h3-6,17H,2H2,1H3,(H2,14,15,16,18). The summed E-state index contributed by atoms with van der Waals surface area (Å²) in [6, 6.07) is 3.23. The minimum atomic E-state index is -0.597. The molecule has 0 aliphatic carbocycles. The van der Waals surface area contributed by atoms with E-state index in [1.807, 2.05) is 6.92 Å². The molecule has 6 heteroatoms. The predicted molar refractivity (Wildman–Crippen MR) is 64.0 cm³/mol. The summed E-state index contributed by atoms with van der Waals surface area (Å²) >= 11 is 0. The lowest BCUT2D eigenvalue weighted by atomic mass is 10.1. The number of hydrogen-bond donors (Lipinski definition) is 3. The van der Waals surface area contributed by atoms with E-state index in [0.717, 1.165) is 17.7 Å². The maximum atomic E-state index is 12.8. The Bertz CT molecular complexity index is 580. The van der Waals surface area contributed by atoms with Gasteiger partial charge in [0.05, 0.1) is 11.8 Å². The number of nitrogens with zero attached hydrogens (tertiary/aromatic N) is 1. The molecule has 3 N–H and O–H groups in total. The minimum Gasteiger partial charge on any atom is -0.507 e. The number of rotatable bonds is 3. The number of anilines is 1.